The summed E-state index contributed by atoms with van der Waals surface area (Å²) in [5.74, 6) is 0.706. The minimum Gasteiger partial charge on any atom is -0.489 e. The van der Waals surface area contributed by atoms with E-state index in [2.05, 4.69) is 0 Å². The van der Waals surface area contributed by atoms with E-state index in [0.29, 0.717) is 25.3 Å². The number of aryl methyl sites for hydroxylation is 1. The third kappa shape index (κ3) is 4.51. The first-order valence-corrected chi connectivity index (χ1v) is 11.9. The van der Waals surface area contributed by atoms with E-state index in [1.165, 1.54) is 4.31 Å². The molecule has 31 heavy (non-hydrogen) atoms. The number of hydrogen-bond acceptors (Lipinski definition) is 4. The van der Waals surface area contributed by atoms with Crippen molar-refractivity contribution in [2.75, 3.05) is 6.54 Å². The number of aliphatic hydroxyl groups excluding tert-OH is 1. The molecule has 6 heteroatoms. The van der Waals surface area contributed by atoms with Crippen LogP contribution in [0.15, 0.2) is 77.7 Å². The maximum absolute atomic E-state index is 13.3. The lowest BCUT2D eigenvalue weighted by atomic mass is 9.98. The molecule has 162 valence electrons. The van der Waals surface area contributed by atoms with Gasteiger partial charge in [-0.2, -0.15) is 4.31 Å². The molecular weight excluding hydrogens is 410 g/mol. The molecule has 3 aromatic rings. The van der Waals surface area contributed by atoms with Crippen molar-refractivity contribution in [3.05, 3.63) is 95.1 Å². The fourth-order valence-corrected chi connectivity index (χ4v) is 5.59. The molecule has 0 saturated heterocycles. The van der Waals surface area contributed by atoms with E-state index in [1.807, 2.05) is 55.5 Å². The van der Waals surface area contributed by atoms with Crippen LogP contribution in [-0.2, 0) is 23.1 Å². The number of hydrogen-bond donors (Lipinski definition) is 1. The van der Waals surface area contributed by atoms with Gasteiger partial charge in [-0.05, 0) is 61.2 Å². The number of nitrogens with zero attached hydrogens (tertiary/aromatic N) is 1. The van der Waals surface area contributed by atoms with Crippen molar-refractivity contribution >= 4 is 10.0 Å². The molecule has 0 spiro atoms. The Kier molecular flexibility index (Phi) is 6.14. The van der Waals surface area contributed by atoms with Gasteiger partial charge in [-0.25, -0.2) is 8.42 Å². The van der Waals surface area contributed by atoms with Crippen molar-refractivity contribution in [1.29, 1.82) is 0 Å². The number of fused-ring (bicyclic) bond motifs is 1. The number of sulfonamides is 1. The van der Waals surface area contributed by atoms with Crippen molar-refractivity contribution in [3.63, 3.8) is 0 Å². The average Bonchev–Trinajstić information content (AvgIpc) is 2.90. The molecule has 1 N–H and O–H groups in total. The van der Waals surface area contributed by atoms with Gasteiger partial charge in [-0.1, -0.05) is 54.1 Å². The van der Waals surface area contributed by atoms with Gasteiger partial charge in [0.1, 0.15) is 12.4 Å². The van der Waals surface area contributed by atoms with Crippen molar-refractivity contribution < 1.29 is 18.3 Å². The van der Waals surface area contributed by atoms with Crippen molar-refractivity contribution in [3.8, 4) is 5.75 Å². The molecule has 0 fully saturated rings. The molecule has 0 unspecified atom stereocenters. The highest BCUT2D eigenvalue weighted by Crippen LogP contribution is 2.34. The summed E-state index contributed by atoms with van der Waals surface area (Å²) < 4.78 is 33.9. The molecule has 5 nitrogen and oxygen atoms in total. The Labute approximate surface area is 184 Å². The summed E-state index contributed by atoms with van der Waals surface area (Å²) in [7, 11) is -3.72. The zero-order valence-corrected chi connectivity index (χ0v) is 18.5. The molecule has 3 aromatic carbocycles. The van der Waals surface area contributed by atoms with Crippen LogP contribution in [-0.4, -0.2) is 30.4 Å². The van der Waals surface area contributed by atoms with E-state index in [0.717, 1.165) is 22.3 Å². The lowest BCUT2D eigenvalue weighted by Crippen LogP contribution is -2.41. The van der Waals surface area contributed by atoms with Crippen molar-refractivity contribution in [2.24, 2.45) is 0 Å². The maximum atomic E-state index is 13.3. The summed E-state index contributed by atoms with van der Waals surface area (Å²) in [5, 5.41) is 11.0. The molecule has 1 aliphatic heterocycles. The molecule has 1 heterocycles. The molecule has 0 aliphatic carbocycles. The Balaban J connectivity index is 1.56. The third-order valence-electron chi connectivity index (χ3n) is 5.82. The molecule has 0 aromatic heterocycles. The first-order valence-electron chi connectivity index (χ1n) is 10.4. The predicted molar refractivity (Wildman–Crippen MR) is 120 cm³/mol. The van der Waals surface area contributed by atoms with Gasteiger partial charge in [0.15, 0.2) is 0 Å². The maximum Gasteiger partial charge on any atom is 0.243 e. The Bertz CT molecular complexity index is 1140. The zero-order valence-electron chi connectivity index (χ0n) is 17.7. The van der Waals surface area contributed by atoms with Crippen LogP contribution in [0.2, 0.25) is 0 Å². The largest absolute Gasteiger partial charge is 0.489 e. The zero-order chi connectivity index (χ0) is 22.0. The van der Waals surface area contributed by atoms with Crippen LogP contribution in [0.1, 0.15) is 35.3 Å². The second-order valence-electron chi connectivity index (χ2n) is 8.00. The number of aliphatic hydroxyl groups is 1. The molecule has 0 amide bonds. The minimum atomic E-state index is -3.72. The Morgan fingerprint density at radius 2 is 1.74 bits per heavy atom. The van der Waals surface area contributed by atoms with Crippen LogP contribution >= 0.6 is 0 Å². The minimum absolute atomic E-state index is 0.245. The van der Waals surface area contributed by atoms with Gasteiger partial charge in [0.2, 0.25) is 10.0 Å². The van der Waals surface area contributed by atoms with Gasteiger partial charge in [0.05, 0.1) is 17.0 Å². The smallest absolute Gasteiger partial charge is 0.243 e. The van der Waals surface area contributed by atoms with Gasteiger partial charge in [0, 0.05) is 6.54 Å². The topological polar surface area (TPSA) is 66.8 Å². The number of benzene rings is 3. The van der Waals surface area contributed by atoms with Crippen LogP contribution in [0, 0.1) is 6.92 Å². The van der Waals surface area contributed by atoms with E-state index >= 15 is 0 Å². The summed E-state index contributed by atoms with van der Waals surface area (Å²) in [6.45, 7) is 4.42. The molecule has 0 radical (unpaired) electrons. The lowest BCUT2D eigenvalue weighted by molar-refractivity contribution is 0.104. The van der Waals surface area contributed by atoms with Gasteiger partial charge in [-0.15, -0.1) is 0 Å². The summed E-state index contributed by atoms with van der Waals surface area (Å²) in [6, 6.07) is 21.7. The van der Waals surface area contributed by atoms with Crippen LogP contribution in [0.3, 0.4) is 0 Å². The van der Waals surface area contributed by atoms with E-state index in [1.54, 1.807) is 31.2 Å². The molecule has 0 saturated carbocycles. The molecule has 1 aliphatic rings. The summed E-state index contributed by atoms with van der Waals surface area (Å²) >= 11 is 0. The van der Waals surface area contributed by atoms with Crippen LogP contribution in [0.4, 0.5) is 0 Å². The number of ether oxygens (including phenoxy) is 1. The van der Waals surface area contributed by atoms with E-state index in [-0.39, 0.29) is 4.90 Å². The van der Waals surface area contributed by atoms with Gasteiger partial charge in [0.25, 0.3) is 0 Å². The third-order valence-corrected chi connectivity index (χ3v) is 7.82. The monoisotopic (exact) mass is 437 g/mol. The van der Waals surface area contributed by atoms with Crippen LogP contribution in [0.5, 0.6) is 5.75 Å². The summed E-state index contributed by atoms with van der Waals surface area (Å²) in [5.41, 5.74) is 3.73. The normalized spacial score (nSPS) is 19.5. The SMILES string of the molecule is Cc1ccc(S(=O)(=O)N2CCc3cc(OCc4ccccc4)ccc3[C@H](O)[C@@H]2C)cc1. The van der Waals surface area contributed by atoms with E-state index in [4.69, 9.17) is 4.74 Å². The van der Waals surface area contributed by atoms with Crippen molar-refractivity contribution in [1.82, 2.24) is 4.31 Å². The average molecular weight is 438 g/mol. The van der Waals surface area contributed by atoms with E-state index < -0.39 is 22.2 Å². The quantitative estimate of drug-likeness (QED) is 0.648. The summed E-state index contributed by atoms with van der Waals surface area (Å²) in [6.07, 6.45) is -0.412. The second kappa shape index (κ2) is 8.83. The predicted octanol–water partition coefficient (Wildman–Crippen LogP) is 4.24. The molecular formula is C25H27NO4S. The van der Waals surface area contributed by atoms with Crippen LogP contribution in [0.25, 0.3) is 0 Å². The second-order valence-corrected chi connectivity index (χ2v) is 9.89. The number of rotatable bonds is 5. The molecule has 2 atom stereocenters. The summed E-state index contributed by atoms with van der Waals surface area (Å²) in [4.78, 5) is 0.245. The van der Waals surface area contributed by atoms with Gasteiger partial charge < -0.3 is 9.84 Å². The van der Waals surface area contributed by atoms with Gasteiger partial charge in [-0.3, -0.25) is 0 Å². The fraction of sp³-hybridized carbons (Fsp3) is 0.280. The first kappa shape index (κ1) is 21.6. The highest BCUT2D eigenvalue weighted by atomic mass is 32.2. The standard InChI is InChI=1S/C25H27NO4S/c1-18-8-11-23(12-9-18)31(28,29)26-15-14-21-16-22(10-13-24(21)25(27)19(26)2)30-17-20-6-4-3-5-7-20/h3-13,16,19,25,27H,14-15,17H2,1-2H3/t19-,25+/m0/s1. The Hall–Kier alpha value is -2.67. The highest BCUT2D eigenvalue weighted by Gasteiger charge is 2.36. The Morgan fingerprint density at radius 3 is 2.45 bits per heavy atom. The lowest BCUT2D eigenvalue weighted by Gasteiger charge is -2.29. The molecule has 0 bridgehead atoms. The highest BCUT2D eigenvalue weighted by molar-refractivity contribution is 7.89. The van der Waals surface area contributed by atoms with Crippen molar-refractivity contribution in [2.45, 2.75) is 43.9 Å². The van der Waals surface area contributed by atoms with E-state index in [9.17, 15) is 13.5 Å². The van der Waals surface area contributed by atoms with Gasteiger partial charge >= 0.3 is 0 Å². The Morgan fingerprint density at radius 1 is 1.03 bits per heavy atom. The van der Waals surface area contributed by atoms with Crippen LogP contribution < -0.4 is 4.74 Å². The first-order chi connectivity index (χ1) is 14.9. The molecule has 4 rings (SSSR count). The fourth-order valence-electron chi connectivity index (χ4n) is 3.95.